The van der Waals surface area contributed by atoms with Crippen LogP contribution < -0.4 is 20.1 Å². The van der Waals surface area contributed by atoms with E-state index in [1.807, 2.05) is 26.1 Å². The molecule has 0 aliphatic heterocycles. The average Bonchev–Trinajstić information content (AvgIpc) is 2.27. The van der Waals surface area contributed by atoms with E-state index in [2.05, 4.69) is 11.8 Å². The molecule has 0 heterocycles. The monoisotopic (exact) mass is 238 g/mol. The Balaban J connectivity index is 3.07. The number of methoxy groups -OCH3 is 2. The maximum atomic E-state index is 5.81. The van der Waals surface area contributed by atoms with E-state index in [1.54, 1.807) is 14.2 Å². The molecule has 1 unspecified atom stereocenters. The van der Waals surface area contributed by atoms with Gasteiger partial charge in [0.15, 0.2) is 11.5 Å². The van der Waals surface area contributed by atoms with Gasteiger partial charge >= 0.3 is 0 Å². The first-order chi connectivity index (χ1) is 7.99. The van der Waals surface area contributed by atoms with Crippen LogP contribution in [-0.2, 0) is 0 Å². The lowest BCUT2D eigenvalue weighted by Gasteiger charge is -2.24. The Labute approximate surface area is 103 Å². The molecule has 4 nitrogen and oxygen atoms in total. The van der Waals surface area contributed by atoms with Gasteiger partial charge in [-0.1, -0.05) is 0 Å². The summed E-state index contributed by atoms with van der Waals surface area (Å²) < 4.78 is 10.6. The highest BCUT2D eigenvalue weighted by molar-refractivity contribution is 5.61. The van der Waals surface area contributed by atoms with E-state index in [-0.39, 0.29) is 6.04 Å². The van der Waals surface area contributed by atoms with Crippen LogP contribution in [0.4, 0.5) is 5.69 Å². The topological polar surface area (TPSA) is 47.7 Å². The van der Waals surface area contributed by atoms with Crippen molar-refractivity contribution in [2.75, 3.05) is 32.7 Å². The summed E-state index contributed by atoms with van der Waals surface area (Å²) in [6, 6.07) is 4.09. The molecule has 0 bridgehead atoms. The first-order valence-electron chi connectivity index (χ1n) is 5.69. The molecule has 2 N–H and O–H groups in total. The van der Waals surface area contributed by atoms with E-state index in [0.717, 1.165) is 29.3 Å². The predicted octanol–water partition coefficient (Wildman–Crippen LogP) is 1.80. The maximum Gasteiger partial charge on any atom is 0.162 e. The summed E-state index contributed by atoms with van der Waals surface area (Å²) in [4.78, 5) is 2.13. The second kappa shape index (κ2) is 5.77. The van der Waals surface area contributed by atoms with Crippen LogP contribution in [0.5, 0.6) is 11.5 Å². The SMILES string of the molecule is COc1cc(C)c(N(C)CC(C)N)cc1OC. The van der Waals surface area contributed by atoms with Crippen molar-refractivity contribution in [2.45, 2.75) is 19.9 Å². The van der Waals surface area contributed by atoms with Crippen LogP contribution in [0.25, 0.3) is 0 Å². The van der Waals surface area contributed by atoms with E-state index in [9.17, 15) is 0 Å². The Hall–Kier alpha value is -1.42. The summed E-state index contributed by atoms with van der Waals surface area (Å²) in [5.41, 5.74) is 8.07. The van der Waals surface area contributed by atoms with Crippen molar-refractivity contribution in [1.82, 2.24) is 0 Å². The number of anilines is 1. The molecule has 1 atom stereocenters. The lowest BCUT2D eigenvalue weighted by molar-refractivity contribution is 0.354. The molecule has 0 spiro atoms. The van der Waals surface area contributed by atoms with Crippen molar-refractivity contribution < 1.29 is 9.47 Å². The number of likely N-dealkylation sites (N-methyl/N-ethyl adjacent to an activating group) is 1. The highest BCUT2D eigenvalue weighted by Gasteiger charge is 2.12. The van der Waals surface area contributed by atoms with Gasteiger partial charge in [-0.15, -0.1) is 0 Å². The Morgan fingerprint density at radius 2 is 1.76 bits per heavy atom. The Morgan fingerprint density at radius 3 is 2.24 bits per heavy atom. The van der Waals surface area contributed by atoms with Gasteiger partial charge in [-0.25, -0.2) is 0 Å². The van der Waals surface area contributed by atoms with E-state index >= 15 is 0 Å². The molecule has 0 aromatic heterocycles. The van der Waals surface area contributed by atoms with Crippen LogP contribution in [0.3, 0.4) is 0 Å². The number of hydrogen-bond donors (Lipinski definition) is 1. The molecule has 0 saturated carbocycles. The molecule has 0 aliphatic carbocycles. The van der Waals surface area contributed by atoms with Crippen LogP contribution in [0.15, 0.2) is 12.1 Å². The van der Waals surface area contributed by atoms with Crippen LogP contribution >= 0.6 is 0 Å². The fraction of sp³-hybridized carbons (Fsp3) is 0.538. The Bertz CT molecular complexity index is 378. The van der Waals surface area contributed by atoms with E-state index in [4.69, 9.17) is 15.2 Å². The van der Waals surface area contributed by atoms with Crippen molar-refractivity contribution in [2.24, 2.45) is 5.73 Å². The fourth-order valence-corrected chi connectivity index (χ4v) is 1.91. The number of rotatable bonds is 5. The predicted molar refractivity (Wildman–Crippen MR) is 71.2 cm³/mol. The van der Waals surface area contributed by atoms with E-state index in [1.165, 1.54) is 0 Å². The Morgan fingerprint density at radius 1 is 1.24 bits per heavy atom. The third-order valence-corrected chi connectivity index (χ3v) is 2.68. The zero-order valence-electron chi connectivity index (χ0n) is 11.3. The van der Waals surface area contributed by atoms with Gasteiger partial charge in [0.2, 0.25) is 0 Å². The molecular weight excluding hydrogens is 216 g/mol. The van der Waals surface area contributed by atoms with Crippen molar-refractivity contribution >= 4 is 5.69 Å². The first kappa shape index (κ1) is 13.6. The molecule has 4 heteroatoms. The minimum Gasteiger partial charge on any atom is -0.493 e. The number of hydrogen-bond acceptors (Lipinski definition) is 4. The zero-order valence-corrected chi connectivity index (χ0v) is 11.3. The highest BCUT2D eigenvalue weighted by Crippen LogP contribution is 2.34. The highest BCUT2D eigenvalue weighted by atomic mass is 16.5. The standard InChI is InChI=1S/C13H22N2O2/c1-9-6-12(16-4)13(17-5)7-11(9)15(3)8-10(2)14/h6-7,10H,8,14H2,1-5H3. The molecule has 17 heavy (non-hydrogen) atoms. The van der Waals surface area contributed by atoms with Crippen LogP contribution in [0, 0.1) is 6.92 Å². The zero-order chi connectivity index (χ0) is 13.0. The van der Waals surface area contributed by atoms with Gasteiger partial charge in [-0.05, 0) is 25.5 Å². The average molecular weight is 238 g/mol. The fourth-order valence-electron chi connectivity index (χ4n) is 1.91. The summed E-state index contributed by atoms with van der Waals surface area (Å²) in [5.74, 6) is 1.49. The van der Waals surface area contributed by atoms with Gasteiger partial charge in [0.05, 0.1) is 14.2 Å². The molecule has 0 aliphatic rings. The van der Waals surface area contributed by atoms with Crippen molar-refractivity contribution in [3.63, 3.8) is 0 Å². The van der Waals surface area contributed by atoms with Crippen LogP contribution in [0.2, 0.25) is 0 Å². The molecule has 96 valence electrons. The molecule has 0 saturated heterocycles. The van der Waals surface area contributed by atoms with Gasteiger partial charge in [0.25, 0.3) is 0 Å². The lowest BCUT2D eigenvalue weighted by Crippen LogP contribution is -2.33. The molecule has 1 rings (SSSR count). The molecular formula is C13H22N2O2. The van der Waals surface area contributed by atoms with E-state index in [0.29, 0.717) is 0 Å². The summed E-state index contributed by atoms with van der Waals surface area (Å²) in [6.45, 7) is 4.85. The molecule has 0 radical (unpaired) electrons. The summed E-state index contributed by atoms with van der Waals surface area (Å²) in [5, 5.41) is 0. The third-order valence-electron chi connectivity index (χ3n) is 2.68. The number of aryl methyl sites for hydroxylation is 1. The first-order valence-corrected chi connectivity index (χ1v) is 5.69. The molecule has 1 aromatic rings. The van der Waals surface area contributed by atoms with Crippen molar-refractivity contribution in [1.29, 1.82) is 0 Å². The van der Waals surface area contributed by atoms with E-state index < -0.39 is 0 Å². The number of benzene rings is 1. The minimum absolute atomic E-state index is 0.132. The smallest absolute Gasteiger partial charge is 0.162 e. The van der Waals surface area contributed by atoms with Crippen molar-refractivity contribution in [3.05, 3.63) is 17.7 Å². The van der Waals surface area contributed by atoms with Crippen LogP contribution in [-0.4, -0.2) is 33.9 Å². The largest absolute Gasteiger partial charge is 0.493 e. The van der Waals surface area contributed by atoms with Crippen molar-refractivity contribution in [3.8, 4) is 11.5 Å². The molecule has 0 fully saturated rings. The summed E-state index contributed by atoms with van der Waals surface area (Å²) >= 11 is 0. The molecule has 0 amide bonds. The molecule has 1 aromatic carbocycles. The minimum atomic E-state index is 0.132. The summed E-state index contributed by atoms with van der Waals surface area (Å²) in [7, 11) is 5.31. The quantitative estimate of drug-likeness (QED) is 0.849. The van der Waals surface area contributed by atoms with Gasteiger partial charge < -0.3 is 20.1 Å². The third kappa shape index (κ3) is 3.27. The maximum absolute atomic E-state index is 5.81. The second-order valence-electron chi connectivity index (χ2n) is 4.35. The van der Waals surface area contributed by atoms with Gasteiger partial charge in [-0.3, -0.25) is 0 Å². The number of ether oxygens (including phenoxy) is 2. The van der Waals surface area contributed by atoms with Crippen LogP contribution in [0.1, 0.15) is 12.5 Å². The number of nitrogens with two attached hydrogens (primary N) is 1. The normalized spacial score (nSPS) is 12.1. The van der Waals surface area contributed by atoms with Gasteiger partial charge in [0, 0.05) is 31.4 Å². The number of nitrogens with zero attached hydrogens (tertiary/aromatic N) is 1. The van der Waals surface area contributed by atoms with Gasteiger partial charge in [0.1, 0.15) is 0 Å². The lowest BCUT2D eigenvalue weighted by atomic mass is 10.1. The van der Waals surface area contributed by atoms with Gasteiger partial charge in [-0.2, -0.15) is 0 Å². The second-order valence-corrected chi connectivity index (χ2v) is 4.35. The Kier molecular flexibility index (Phi) is 4.63. The summed E-state index contributed by atoms with van der Waals surface area (Å²) in [6.07, 6.45) is 0.